The molecule has 0 saturated carbocycles. The molecule has 5 nitrogen and oxygen atoms in total. The highest BCUT2D eigenvalue weighted by Crippen LogP contribution is 2.15. The third kappa shape index (κ3) is 4.26. The molecule has 1 rings (SSSR count). The van der Waals surface area contributed by atoms with Gasteiger partial charge in [-0.15, -0.1) is 0 Å². The van der Waals surface area contributed by atoms with Gasteiger partial charge in [-0.05, 0) is 25.1 Å². The summed E-state index contributed by atoms with van der Waals surface area (Å²) in [5, 5.41) is 18.4. The van der Waals surface area contributed by atoms with Crippen molar-refractivity contribution in [3.05, 3.63) is 18.2 Å². The topological polar surface area (TPSA) is 68.2 Å². The van der Waals surface area contributed by atoms with Crippen molar-refractivity contribution in [2.75, 3.05) is 26.9 Å². The number of methoxy groups -OCH3 is 1. The lowest BCUT2D eigenvalue weighted by atomic mass is 9.79. The smallest absolute Gasteiger partial charge is 0.492 e. The standard InChI is InChI=1S/C11H17BO5/c1-3-16-6-7-17-11-5-4-9(15-2)8-10(11)12(13)14/h4-5,8,13-14H,3,6-7H2,1-2H3. The average molecular weight is 240 g/mol. The lowest BCUT2D eigenvalue weighted by Crippen LogP contribution is -2.32. The first-order valence-electron chi connectivity index (χ1n) is 5.43. The maximum Gasteiger partial charge on any atom is 0.492 e. The van der Waals surface area contributed by atoms with Gasteiger partial charge in [-0.2, -0.15) is 0 Å². The van der Waals surface area contributed by atoms with Crippen molar-refractivity contribution in [3.8, 4) is 11.5 Å². The highest BCUT2D eigenvalue weighted by atomic mass is 16.5. The summed E-state index contributed by atoms with van der Waals surface area (Å²) < 4.78 is 15.5. The Hall–Kier alpha value is -1.24. The number of hydrogen-bond acceptors (Lipinski definition) is 5. The first kappa shape index (κ1) is 13.8. The van der Waals surface area contributed by atoms with Crippen molar-refractivity contribution < 1.29 is 24.3 Å². The summed E-state index contributed by atoms with van der Waals surface area (Å²) in [6.45, 7) is 3.35. The van der Waals surface area contributed by atoms with Gasteiger partial charge in [0.15, 0.2) is 0 Å². The minimum absolute atomic E-state index is 0.279. The maximum atomic E-state index is 9.22. The van der Waals surface area contributed by atoms with Gasteiger partial charge in [-0.25, -0.2) is 0 Å². The Morgan fingerprint density at radius 3 is 2.59 bits per heavy atom. The molecule has 1 aromatic carbocycles. The van der Waals surface area contributed by atoms with Gasteiger partial charge in [-0.1, -0.05) is 0 Å². The lowest BCUT2D eigenvalue weighted by Gasteiger charge is -2.12. The van der Waals surface area contributed by atoms with E-state index in [9.17, 15) is 10.0 Å². The van der Waals surface area contributed by atoms with Crippen molar-refractivity contribution in [1.29, 1.82) is 0 Å². The van der Waals surface area contributed by atoms with E-state index in [1.54, 1.807) is 12.1 Å². The third-order valence-electron chi connectivity index (χ3n) is 2.18. The molecule has 0 radical (unpaired) electrons. The molecule has 0 saturated heterocycles. The van der Waals surface area contributed by atoms with Gasteiger partial charge in [0.05, 0.1) is 13.7 Å². The van der Waals surface area contributed by atoms with Crippen molar-refractivity contribution in [2.24, 2.45) is 0 Å². The molecule has 0 unspecified atom stereocenters. The fourth-order valence-corrected chi connectivity index (χ4v) is 1.34. The molecule has 0 amide bonds. The van der Waals surface area contributed by atoms with E-state index < -0.39 is 7.12 Å². The zero-order valence-corrected chi connectivity index (χ0v) is 10.0. The van der Waals surface area contributed by atoms with Gasteiger partial charge in [0.25, 0.3) is 0 Å². The molecule has 0 heterocycles. The first-order chi connectivity index (χ1) is 8.19. The number of rotatable bonds is 7. The second kappa shape index (κ2) is 7.16. The Labute approximate surface area is 101 Å². The second-order valence-electron chi connectivity index (χ2n) is 3.32. The molecule has 0 atom stereocenters. The van der Waals surface area contributed by atoms with Crippen LogP contribution in [0.15, 0.2) is 18.2 Å². The van der Waals surface area contributed by atoms with Gasteiger partial charge in [0.1, 0.15) is 18.1 Å². The van der Waals surface area contributed by atoms with Crippen molar-refractivity contribution in [2.45, 2.75) is 6.92 Å². The maximum absolute atomic E-state index is 9.22. The molecule has 0 bridgehead atoms. The molecule has 94 valence electrons. The van der Waals surface area contributed by atoms with Crippen LogP contribution in [0.3, 0.4) is 0 Å². The van der Waals surface area contributed by atoms with Gasteiger partial charge >= 0.3 is 7.12 Å². The van der Waals surface area contributed by atoms with E-state index in [1.807, 2.05) is 6.92 Å². The van der Waals surface area contributed by atoms with E-state index in [0.29, 0.717) is 31.3 Å². The van der Waals surface area contributed by atoms with Crippen LogP contribution in [0.2, 0.25) is 0 Å². The van der Waals surface area contributed by atoms with E-state index in [0.717, 1.165) is 0 Å². The normalized spacial score (nSPS) is 10.1. The number of ether oxygens (including phenoxy) is 3. The number of benzene rings is 1. The van der Waals surface area contributed by atoms with Crippen LogP contribution in [0.25, 0.3) is 0 Å². The van der Waals surface area contributed by atoms with Crippen LogP contribution < -0.4 is 14.9 Å². The quantitative estimate of drug-likeness (QED) is 0.510. The van der Waals surface area contributed by atoms with Crippen molar-refractivity contribution in [1.82, 2.24) is 0 Å². The third-order valence-corrected chi connectivity index (χ3v) is 2.18. The van der Waals surface area contributed by atoms with E-state index in [-0.39, 0.29) is 5.46 Å². The Morgan fingerprint density at radius 2 is 2.00 bits per heavy atom. The molecule has 0 aliphatic rings. The van der Waals surface area contributed by atoms with Crippen molar-refractivity contribution >= 4 is 12.6 Å². The summed E-state index contributed by atoms with van der Waals surface area (Å²) in [5.74, 6) is 0.964. The average Bonchev–Trinajstić information content (AvgIpc) is 2.34. The number of hydrogen-bond donors (Lipinski definition) is 2. The van der Waals surface area contributed by atoms with Crippen LogP contribution >= 0.6 is 0 Å². The van der Waals surface area contributed by atoms with Crippen LogP contribution in [0.4, 0.5) is 0 Å². The summed E-state index contributed by atoms with van der Waals surface area (Å²) in [4.78, 5) is 0. The molecule has 0 aliphatic heterocycles. The predicted molar refractivity (Wildman–Crippen MR) is 64.8 cm³/mol. The zero-order chi connectivity index (χ0) is 12.7. The molecular formula is C11H17BO5. The Morgan fingerprint density at radius 1 is 1.24 bits per heavy atom. The second-order valence-corrected chi connectivity index (χ2v) is 3.32. The fraction of sp³-hybridized carbons (Fsp3) is 0.455. The molecule has 0 spiro atoms. The van der Waals surface area contributed by atoms with Crippen molar-refractivity contribution in [3.63, 3.8) is 0 Å². The van der Waals surface area contributed by atoms with E-state index in [2.05, 4.69) is 0 Å². The molecule has 0 aromatic heterocycles. The Bertz CT molecular complexity index is 343. The van der Waals surface area contributed by atoms with Gasteiger partial charge in [-0.3, -0.25) is 0 Å². The molecule has 17 heavy (non-hydrogen) atoms. The minimum Gasteiger partial charge on any atom is -0.497 e. The van der Waals surface area contributed by atoms with Crippen LogP contribution in [0, 0.1) is 0 Å². The zero-order valence-electron chi connectivity index (χ0n) is 10.0. The minimum atomic E-state index is -1.59. The SMILES string of the molecule is CCOCCOc1ccc(OC)cc1B(O)O. The Balaban J connectivity index is 2.69. The molecule has 2 N–H and O–H groups in total. The highest BCUT2D eigenvalue weighted by Gasteiger charge is 2.18. The summed E-state index contributed by atoms with van der Waals surface area (Å²) in [6, 6.07) is 4.86. The molecule has 0 aliphatic carbocycles. The van der Waals surface area contributed by atoms with Crippen LogP contribution in [-0.4, -0.2) is 44.1 Å². The molecule has 6 heteroatoms. The molecule has 0 fully saturated rings. The summed E-state index contributed by atoms with van der Waals surface area (Å²) >= 11 is 0. The van der Waals surface area contributed by atoms with Gasteiger partial charge in [0, 0.05) is 12.1 Å². The summed E-state index contributed by atoms with van der Waals surface area (Å²) in [6.07, 6.45) is 0. The molecule has 1 aromatic rings. The monoisotopic (exact) mass is 240 g/mol. The fourth-order valence-electron chi connectivity index (χ4n) is 1.34. The van der Waals surface area contributed by atoms with Gasteiger partial charge < -0.3 is 24.3 Å². The van der Waals surface area contributed by atoms with E-state index in [4.69, 9.17) is 14.2 Å². The van der Waals surface area contributed by atoms with Crippen LogP contribution in [0.5, 0.6) is 11.5 Å². The van der Waals surface area contributed by atoms with Crippen LogP contribution in [0.1, 0.15) is 6.92 Å². The first-order valence-corrected chi connectivity index (χ1v) is 5.43. The van der Waals surface area contributed by atoms with Crippen LogP contribution in [-0.2, 0) is 4.74 Å². The predicted octanol–water partition coefficient (Wildman–Crippen LogP) is -0.210. The summed E-state index contributed by atoms with van der Waals surface area (Å²) in [5.41, 5.74) is 0.279. The summed E-state index contributed by atoms with van der Waals surface area (Å²) in [7, 11) is -0.0782. The Kier molecular flexibility index (Phi) is 5.83. The van der Waals surface area contributed by atoms with E-state index in [1.165, 1.54) is 13.2 Å². The van der Waals surface area contributed by atoms with E-state index >= 15 is 0 Å². The molecular weight excluding hydrogens is 223 g/mol. The highest BCUT2D eigenvalue weighted by molar-refractivity contribution is 6.59. The lowest BCUT2D eigenvalue weighted by molar-refractivity contribution is 0.110. The largest absolute Gasteiger partial charge is 0.497 e. The van der Waals surface area contributed by atoms with Gasteiger partial charge in [0.2, 0.25) is 0 Å².